The number of piperazine rings is 1. The van der Waals surface area contributed by atoms with Crippen molar-refractivity contribution in [1.82, 2.24) is 9.80 Å². The molecule has 2 amide bonds. The van der Waals surface area contributed by atoms with E-state index in [1.54, 1.807) is 4.90 Å². The molecular weight excluding hydrogens is 340 g/mol. The van der Waals surface area contributed by atoms with Crippen LogP contribution in [0.25, 0.3) is 0 Å². The number of hydrogen-bond acceptors (Lipinski definition) is 3. The first-order valence-electron chi connectivity index (χ1n) is 9.82. The monoisotopic (exact) mass is 374 g/mol. The second-order valence-corrected chi connectivity index (χ2v) is 8.74. The molecule has 5 nitrogen and oxygen atoms in total. The standard InChI is InChI=1S/C22H34N2O3/c1-15-12-16(2)19(17(3)13-15)8-9-20(25)24-11-10-23(14-18(24)4)21(26)27-22(5,6)7/h12-13,18H,8-11,14H2,1-7H3/t18-/m0/s1. The molecule has 1 atom stereocenters. The smallest absolute Gasteiger partial charge is 0.410 e. The van der Waals surface area contributed by atoms with Crippen LogP contribution in [0.2, 0.25) is 0 Å². The lowest BCUT2D eigenvalue weighted by molar-refractivity contribution is -0.135. The number of carbonyl (C=O) groups excluding carboxylic acids is 2. The van der Waals surface area contributed by atoms with E-state index in [1.165, 1.54) is 22.3 Å². The number of carbonyl (C=O) groups is 2. The molecule has 1 aliphatic rings. The number of nitrogens with zero attached hydrogens (tertiary/aromatic N) is 2. The Morgan fingerprint density at radius 1 is 1.11 bits per heavy atom. The van der Waals surface area contributed by atoms with Crippen molar-refractivity contribution in [2.24, 2.45) is 0 Å². The number of benzene rings is 1. The summed E-state index contributed by atoms with van der Waals surface area (Å²) in [6.07, 6.45) is 0.962. The van der Waals surface area contributed by atoms with Crippen LogP contribution in [0.1, 0.15) is 56.4 Å². The average molecular weight is 375 g/mol. The van der Waals surface area contributed by atoms with Crippen LogP contribution in [0.4, 0.5) is 4.79 Å². The Morgan fingerprint density at radius 3 is 2.22 bits per heavy atom. The molecule has 1 aromatic carbocycles. The second-order valence-electron chi connectivity index (χ2n) is 8.74. The van der Waals surface area contributed by atoms with Crippen LogP contribution < -0.4 is 0 Å². The van der Waals surface area contributed by atoms with Gasteiger partial charge < -0.3 is 14.5 Å². The Morgan fingerprint density at radius 2 is 1.70 bits per heavy atom. The zero-order valence-corrected chi connectivity index (χ0v) is 17.9. The molecule has 0 spiro atoms. The third-order valence-electron chi connectivity index (χ3n) is 5.03. The van der Waals surface area contributed by atoms with Gasteiger partial charge in [-0.3, -0.25) is 4.79 Å². The molecule has 0 unspecified atom stereocenters. The Kier molecular flexibility index (Phi) is 6.55. The van der Waals surface area contributed by atoms with Gasteiger partial charge in [0.25, 0.3) is 0 Å². The zero-order valence-electron chi connectivity index (χ0n) is 17.9. The van der Waals surface area contributed by atoms with Gasteiger partial charge in [-0.15, -0.1) is 0 Å². The van der Waals surface area contributed by atoms with Crippen LogP contribution >= 0.6 is 0 Å². The molecule has 150 valence electrons. The van der Waals surface area contributed by atoms with Gasteiger partial charge in [-0.05, 0) is 71.6 Å². The van der Waals surface area contributed by atoms with Crippen LogP contribution in [-0.4, -0.2) is 53.1 Å². The minimum atomic E-state index is -0.503. The van der Waals surface area contributed by atoms with Crippen molar-refractivity contribution in [3.8, 4) is 0 Å². The fourth-order valence-electron chi connectivity index (χ4n) is 3.80. The molecule has 0 bridgehead atoms. The fraction of sp³-hybridized carbons (Fsp3) is 0.636. The third-order valence-corrected chi connectivity index (χ3v) is 5.03. The van der Waals surface area contributed by atoms with Gasteiger partial charge in [0.1, 0.15) is 5.60 Å². The Labute approximate surface area is 163 Å². The van der Waals surface area contributed by atoms with Crippen molar-refractivity contribution < 1.29 is 14.3 Å². The van der Waals surface area contributed by atoms with Crippen LogP contribution in [0.15, 0.2) is 12.1 Å². The van der Waals surface area contributed by atoms with E-state index in [1.807, 2.05) is 32.6 Å². The van der Waals surface area contributed by atoms with E-state index in [0.717, 1.165) is 6.42 Å². The van der Waals surface area contributed by atoms with Crippen molar-refractivity contribution in [1.29, 1.82) is 0 Å². The van der Waals surface area contributed by atoms with E-state index in [9.17, 15) is 9.59 Å². The molecular formula is C22H34N2O3. The number of amides is 2. The summed E-state index contributed by atoms with van der Waals surface area (Å²) >= 11 is 0. The van der Waals surface area contributed by atoms with Crippen LogP contribution in [0, 0.1) is 20.8 Å². The molecule has 27 heavy (non-hydrogen) atoms. The molecule has 0 radical (unpaired) electrons. The Hall–Kier alpha value is -2.04. The largest absolute Gasteiger partial charge is 0.444 e. The van der Waals surface area contributed by atoms with Crippen molar-refractivity contribution in [3.63, 3.8) is 0 Å². The van der Waals surface area contributed by atoms with E-state index < -0.39 is 5.60 Å². The van der Waals surface area contributed by atoms with E-state index in [-0.39, 0.29) is 18.0 Å². The van der Waals surface area contributed by atoms with E-state index in [4.69, 9.17) is 4.74 Å². The molecule has 0 aromatic heterocycles. The first-order chi connectivity index (χ1) is 12.5. The van der Waals surface area contributed by atoms with Gasteiger partial charge in [0.05, 0.1) is 0 Å². The van der Waals surface area contributed by atoms with Gasteiger partial charge in [0.15, 0.2) is 0 Å². The lowest BCUT2D eigenvalue weighted by Crippen LogP contribution is -2.56. The summed E-state index contributed by atoms with van der Waals surface area (Å²) in [5.41, 5.74) is 4.53. The number of ether oxygens (including phenoxy) is 1. The first kappa shape index (κ1) is 21.3. The highest BCUT2D eigenvalue weighted by atomic mass is 16.6. The van der Waals surface area contributed by atoms with Crippen LogP contribution in [0.3, 0.4) is 0 Å². The predicted molar refractivity (Wildman–Crippen MR) is 108 cm³/mol. The summed E-state index contributed by atoms with van der Waals surface area (Å²) < 4.78 is 5.45. The maximum atomic E-state index is 12.8. The SMILES string of the molecule is Cc1cc(C)c(CCC(=O)N2CCN(C(=O)OC(C)(C)C)C[C@@H]2C)c(C)c1. The maximum absolute atomic E-state index is 12.8. The number of hydrogen-bond donors (Lipinski definition) is 0. The van der Waals surface area contributed by atoms with Crippen molar-refractivity contribution in [3.05, 3.63) is 34.4 Å². The van der Waals surface area contributed by atoms with Crippen molar-refractivity contribution in [2.75, 3.05) is 19.6 Å². The normalized spacial score (nSPS) is 17.8. The number of aryl methyl sites for hydroxylation is 3. The quantitative estimate of drug-likeness (QED) is 0.803. The van der Waals surface area contributed by atoms with Crippen LogP contribution in [0.5, 0.6) is 0 Å². The maximum Gasteiger partial charge on any atom is 0.410 e. The van der Waals surface area contributed by atoms with E-state index in [2.05, 4.69) is 32.9 Å². The zero-order chi connectivity index (χ0) is 20.4. The van der Waals surface area contributed by atoms with Crippen LogP contribution in [-0.2, 0) is 16.0 Å². The van der Waals surface area contributed by atoms with Gasteiger partial charge >= 0.3 is 6.09 Å². The lowest BCUT2D eigenvalue weighted by atomic mass is 9.96. The topological polar surface area (TPSA) is 49.9 Å². The molecule has 1 saturated heterocycles. The van der Waals surface area contributed by atoms with E-state index >= 15 is 0 Å². The highest BCUT2D eigenvalue weighted by Gasteiger charge is 2.31. The highest BCUT2D eigenvalue weighted by Crippen LogP contribution is 2.20. The molecule has 0 saturated carbocycles. The Bertz CT molecular complexity index is 683. The summed E-state index contributed by atoms with van der Waals surface area (Å²) in [5, 5.41) is 0. The molecule has 0 aliphatic carbocycles. The van der Waals surface area contributed by atoms with Gasteiger partial charge in [-0.2, -0.15) is 0 Å². The molecule has 1 aliphatic heterocycles. The summed E-state index contributed by atoms with van der Waals surface area (Å²) in [6.45, 7) is 15.5. The molecule has 1 aromatic rings. The van der Waals surface area contributed by atoms with E-state index in [0.29, 0.717) is 26.1 Å². The van der Waals surface area contributed by atoms with Gasteiger partial charge in [0, 0.05) is 32.1 Å². The number of rotatable bonds is 3. The van der Waals surface area contributed by atoms with Crippen molar-refractivity contribution in [2.45, 2.75) is 73.0 Å². The summed E-state index contributed by atoms with van der Waals surface area (Å²) in [5.74, 6) is 0.158. The van der Waals surface area contributed by atoms with Gasteiger partial charge in [-0.25, -0.2) is 4.79 Å². The molecule has 0 N–H and O–H groups in total. The van der Waals surface area contributed by atoms with Gasteiger partial charge in [-0.1, -0.05) is 17.7 Å². The molecule has 5 heteroatoms. The molecule has 2 rings (SSSR count). The molecule has 1 heterocycles. The summed E-state index contributed by atoms with van der Waals surface area (Å²) in [7, 11) is 0. The fourth-order valence-corrected chi connectivity index (χ4v) is 3.80. The first-order valence-corrected chi connectivity index (χ1v) is 9.82. The average Bonchev–Trinajstić information content (AvgIpc) is 2.51. The summed E-state index contributed by atoms with van der Waals surface area (Å²) in [6, 6.07) is 4.35. The second kappa shape index (κ2) is 8.32. The highest BCUT2D eigenvalue weighted by molar-refractivity contribution is 5.77. The lowest BCUT2D eigenvalue weighted by Gasteiger charge is -2.40. The Balaban J connectivity index is 1.92. The third kappa shape index (κ3) is 5.72. The predicted octanol–water partition coefficient (Wildman–Crippen LogP) is 4.01. The van der Waals surface area contributed by atoms with Crippen molar-refractivity contribution >= 4 is 12.0 Å². The molecule has 1 fully saturated rings. The van der Waals surface area contributed by atoms with Gasteiger partial charge in [0.2, 0.25) is 5.91 Å². The summed E-state index contributed by atoms with van der Waals surface area (Å²) in [4.78, 5) is 28.6. The minimum Gasteiger partial charge on any atom is -0.444 e. The minimum absolute atomic E-state index is 0.000944.